The summed E-state index contributed by atoms with van der Waals surface area (Å²) in [4.78, 5) is 4.05. The molecule has 1 saturated heterocycles. The van der Waals surface area contributed by atoms with Gasteiger partial charge in [0.25, 0.3) is 0 Å². The molecule has 1 aliphatic rings. The number of rotatable bonds is 3. The highest BCUT2D eigenvalue weighted by molar-refractivity contribution is 5.39. The Hall–Kier alpha value is -1.09. The van der Waals surface area contributed by atoms with Crippen LogP contribution in [-0.2, 0) is 0 Å². The lowest BCUT2D eigenvalue weighted by Gasteiger charge is -2.11. The first-order valence-electron chi connectivity index (χ1n) is 4.82. The van der Waals surface area contributed by atoms with Crippen LogP contribution in [-0.4, -0.2) is 24.1 Å². The molecule has 0 unspecified atom stereocenters. The molecule has 0 radical (unpaired) electrons. The summed E-state index contributed by atoms with van der Waals surface area (Å²) in [5, 5.41) is 6.81. The standard InChI is InChI=1S/C10H15N3/c1-3-9(7-11-5-1)13-8-10-4-2-6-12-10/h1,3,5,7,10,12-13H,2,4,6,8H2/t10-/m1/s1. The molecule has 2 heterocycles. The summed E-state index contributed by atoms with van der Waals surface area (Å²) < 4.78 is 0. The van der Waals surface area contributed by atoms with Crippen LogP contribution in [0.5, 0.6) is 0 Å². The molecule has 0 aromatic carbocycles. The molecule has 1 fully saturated rings. The number of pyridine rings is 1. The van der Waals surface area contributed by atoms with Crippen LogP contribution in [0.25, 0.3) is 0 Å². The number of anilines is 1. The second-order valence-electron chi connectivity index (χ2n) is 3.42. The zero-order valence-corrected chi connectivity index (χ0v) is 7.66. The summed E-state index contributed by atoms with van der Waals surface area (Å²) >= 11 is 0. The monoisotopic (exact) mass is 177 g/mol. The first kappa shape index (κ1) is 8.51. The van der Waals surface area contributed by atoms with Gasteiger partial charge >= 0.3 is 0 Å². The van der Waals surface area contributed by atoms with Crippen molar-refractivity contribution in [3.05, 3.63) is 24.5 Å². The van der Waals surface area contributed by atoms with E-state index in [2.05, 4.69) is 15.6 Å². The lowest BCUT2D eigenvalue weighted by atomic mass is 10.2. The third-order valence-electron chi connectivity index (χ3n) is 2.38. The molecule has 3 nitrogen and oxygen atoms in total. The van der Waals surface area contributed by atoms with Gasteiger partial charge in [0.05, 0.1) is 5.69 Å². The molecule has 3 heteroatoms. The fraction of sp³-hybridized carbons (Fsp3) is 0.500. The zero-order valence-electron chi connectivity index (χ0n) is 7.66. The molecule has 1 atom stereocenters. The van der Waals surface area contributed by atoms with Gasteiger partial charge in [0, 0.05) is 25.0 Å². The van der Waals surface area contributed by atoms with Crippen molar-refractivity contribution < 1.29 is 0 Å². The van der Waals surface area contributed by atoms with E-state index in [1.165, 1.54) is 19.4 Å². The van der Waals surface area contributed by atoms with E-state index in [9.17, 15) is 0 Å². The van der Waals surface area contributed by atoms with E-state index < -0.39 is 0 Å². The lowest BCUT2D eigenvalue weighted by molar-refractivity contribution is 0.633. The van der Waals surface area contributed by atoms with E-state index in [0.717, 1.165) is 12.2 Å². The zero-order chi connectivity index (χ0) is 8.93. The van der Waals surface area contributed by atoms with Gasteiger partial charge in [-0.3, -0.25) is 4.98 Å². The Morgan fingerprint density at radius 3 is 3.31 bits per heavy atom. The quantitative estimate of drug-likeness (QED) is 0.729. The number of nitrogens with one attached hydrogen (secondary N) is 2. The maximum atomic E-state index is 4.05. The highest BCUT2D eigenvalue weighted by atomic mass is 15.0. The summed E-state index contributed by atoms with van der Waals surface area (Å²) in [5.74, 6) is 0. The minimum absolute atomic E-state index is 0.639. The van der Waals surface area contributed by atoms with Gasteiger partial charge in [-0.2, -0.15) is 0 Å². The Kier molecular flexibility index (Phi) is 2.77. The Morgan fingerprint density at radius 2 is 2.62 bits per heavy atom. The minimum Gasteiger partial charge on any atom is -0.382 e. The molecule has 1 aromatic rings. The summed E-state index contributed by atoms with van der Waals surface area (Å²) in [6, 6.07) is 4.63. The fourth-order valence-corrected chi connectivity index (χ4v) is 1.64. The molecule has 0 amide bonds. The molecule has 0 bridgehead atoms. The number of aromatic nitrogens is 1. The van der Waals surface area contributed by atoms with Gasteiger partial charge < -0.3 is 10.6 Å². The predicted octanol–water partition coefficient (Wildman–Crippen LogP) is 1.25. The van der Waals surface area contributed by atoms with Crippen molar-refractivity contribution in [2.24, 2.45) is 0 Å². The smallest absolute Gasteiger partial charge is 0.0527 e. The maximum Gasteiger partial charge on any atom is 0.0527 e. The number of hydrogen-bond acceptors (Lipinski definition) is 3. The van der Waals surface area contributed by atoms with E-state index in [-0.39, 0.29) is 0 Å². The molecular formula is C10H15N3. The fourth-order valence-electron chi connectivity index (χ4n) is 1.64. The van der Waals surface area contributed by atoms with Crippen LogP contribution in [0.1, 0.15) is 12.8 Å². The Morgan fingerprint density at radius 1 is 1.62 bits per heavy atom. The Bertz CT molecular complexity index is 242. The average molecular weight is 177 g/mol. The summed E-state index contributed by atoms with van der Waals surface area (Å²) in [7, 11) is 0. The first-order chi connectivity index (χ1) is 6.45. The van der Waals surface area contributed by atoms with Gasteiger partial charge in [0.15, 0.2) is 0 Å². The number of nitrogens with zero attached hydrogens (tertiary/aromatic N) is 1. The van der Waals surface area contributed by atoms with Crippen LogP contribution in [0, 0.1) is 0 Å². The van der Waals surface area contributed by atoms with Gasteiger partial charge in [-0.15, -0.1) is 0 Å². The van der Waals surface area contributed by atoms with Crippen LogP contribution in [0.4, 0.5) is 5.69 Å². The lowest BCUT2D eigenvalue weighted by Crippen LogP contribution is -2.29. The predicted molar refractivity (Wildman–Crippen MR) is 53.8 cm³/mol. The van der Waals surface area contributed by atoms with E-state index >= 15 is 0 Å². The highest BCUT2D eigenvalue weighted by Crippen LogP contribution is 2.07. The summed E-state index contributed by atoms with van der Waals surface area (Å²) in [6.45, 7) is 2.17. The van der Waals surface area contributed by atoms with Crippen molar-refractivity contribution in [2.75, 3.05) is 18.4 Å². The van der Waals surface area contributed by atoms with Gasteiger partial charge in [0.1, 0.15) is 0 Å². The Labute approximate surface area is 78.6 Å². The van der Waals surface area contributed by atoms with Crippen LogP contribution < -0.4 is 10.6 Å². The van der Waals surface area contributed by atoms with E-state index in [4.69, 9.17) is 0 Å². The van der Waals surface area contributed by atoms with Gasteiger partial charge in [-0.25, -0.2) is 0 Å². The Balaban J connectivity index is 1.79. The molecular weight excluding hydrogens is 162 g/mol. The topological polar surface area (TPSA) is 37.0 Å². The third-order valence-corrected chi connectivity index (χ3v) is 2.38. The molecule has 1 aliphatic heterocycles. The summed E-state index contributed by atoms with van der Waals surface area (Å²) in [5.41, 5.74) is 1.11. The molecule has 0 spiro atoms. The van der Waals surface area contributed by atoms with Crippen molar-refractivity contribution in [1.82, 2.24) is 10.3 Å². The van der Waals surface area contributed by atoms with E-state index in [1.54, 1.807) is 6.20 Å². The summed E-state index contributed by atoms with van der Waals surface area (Å²) in [6.07, 6.45) is 6.24. The first-order valence-corrected chi connectivity index (χ1v) is 4.82. The minimum atomic E-state index is 0.639. The molecule has 2 N–H and O–H groups in total. The molecule has 0 saturated carbocycles. The van der Waals surface area contributed by atoms with Crippen LogP contribution in [0.2, 0.25) is 0 Å². The van der Waals surface area contributed by atoms with Crippen LogP contribution >= 0.6 is 0 Å². The van der Waals surface area contributed by atoms with Crippen molar-refractivity contribution in [2.45, 2.75) is 18.9 Å². The van der Waals surface area contributed by atoms with Crippen LogP contribution in [0.15, 0.2) is 24.5 Å². The molecule has 13 heavy (non-hydrogen) atoms. The maximum absolute atomic E-state index is 4.05. The number of hydrogen-bond donors (Lipinski definition) is 2. The van der Waals surface area contributed by atoms with E-state index in [1.807, 2.05) is 18.3 Å². The average Bonchev–Trinajstić information content (AvgIpc) is 2.69. The third kappa shape index (κ3) is 2.42. The largest absolute Gasteiger partial charge is 0.382 e. The van der Waals surface area contributed by atoms with Gasteiger partial charge in [0.2, 0.25) is 0 Å². The van der Waals surface area contributed by atoms with E-state index in [0.29, 0.717) is 6.04 Å². The van der Waals surface area contributed by atoms with Crippen molar-refractivity contribution >= 4 is 5.69 Å². The van der Waals surface area contributed by atoms with Gasteiger partial charge in [-0.1, -0.05) is 0 Å². The molecule has 1 aromatic heterocycles. The highest BCUT2D eigenvalue weighted by Gasteiger charge is 2.12. The second kappa shape index (κ2) is 4.23. The molecule has 70 valence electrons. The normalized spacial score (nSPS) is 21.7. The SMILES string of the molecule is c1cncc(NC[C@H]2CCCN2)c1. The van der Waals surface area contributed by atoms with Crippen molar-refractivity contribution in [3.63, 3.8) is 0 Å². The van der Waals surface area contributed by atoms with Gasteiger partial charge in [-0.05, 0) is 31.5 Å². The van der Waals surface area contributed by atoms with Crippen molar-refractivity contribution in [3.8, 4) is 0 Å². The van der Waals surface area contributed by atoms with Crippen molar-refractivity contribution in [1.29, 1.82) is 0 Å². The van der Waals surface area contributed by atoms with Crippen LogP contribution in [0.3, 0.4) is 0 Å². The second-order valence-corrected chi connectivity index (χ2v) is 3.42. The molecule has 0 aliphatic carbocycles. The molecule has 2 rings (SSSR count).